The van der Waals surface area contributed by atoms with Crippen LogP contribution < -0.4 is 5.32 Å². The van der Waals surface area contributed by atoms with Gasteiger partial charge in [0, 0.05) is 243 Å². The fraction of sp³-hybridized carbons (Fsp3) is 1.00. The first-order valence-electron chi connectivity index (χ1n) is 56.5. The summed E-state index contributed by atoms with van der Waals surface area (Å²) in [4.78, 5) is 39.3. The van der Waals surface area contributed by atoms with Crippen LogP contribution in [-0.2, 0) is 28.4 Å². The second kappa shape index (κ2) is 58.2. The van der Waals surface area contributed by atoms with E-state index in [4.69, 9.17) is 28.4 Å². The van der Waals surface area contributed by atoms with E-state index in [0.29, 0.717) is 33.8 Å². The van der Waals surface area contributed by atoms with Crippen molar-refractivity contribution >= 4 is 0 Å². The Hall–Kier alpha value is -0.880. The summed E-state index contributed by atoms with van der Waals surface area (Å²) in [5.41, 5.74) is 1.67. The van der Waals surface area contributed by atoms with Crippen molar-refractivity contribution in [3.63, 3.8) is 0 Å². The first kappa shape index (κ1) is 124. The molecule has 0 unspecified atom stereocenters. The number of hydrogen-bond acceptors (Lipinski definition) is 22. The quantitative estimate of drug-likeness (QED) is 0.0800. The predicted octanol–water partition coefficient (Wildman–Crippen LogP) is 17.9. The lowest BCUT2D eigenvalue weighted by Gasteiger charge is -2.49. The maximum atomic E-state index is 6.14. The van der Waals surface area contributed by atoms with Gasteiger partial charge in [-0.2, -0.15) is 0 Å². The lowest BCUT2D eigenvalue weighted by atomic mass is 9.84. The van der Waals surface area contributed by atoms with Crippen LogP contribution in [0.1, 0.15) is 326 Å². The van der Waals surface area contributed by atoms with Crippen LogP contribution in [0, 0.1) is 41.4 Å². The van der Waals surface area contributed by atoms with Gasteiger partial charge < -0.3 is 68.0 Å². The number of likely N-dealkylation sites (tertiary alicyclic amines) is 7. The molecular weight excluding hydrogens is 1690 g/mol. The highest BCUT2D eigenvalue weighted by Gasteiger charge is 2.39. The minimum absolute atomic E-state index is 0.000527. The van der Waals surface area contributed by atoms with Gasteiger partial charge in [-0.25, -0.2) is 0 Å². The predicted molar refractivity (Wildman–Crippen MR) is 583 cm³/mol. The number of hydrogen-bond donors (Lipinski definition) is 1. The molecule has 12 aliphatic heterocycles. The number of nitrogens with one attached hydrogen (secondary N) is 1. The Kier molecular flexibility index (Phi) is 53.0. The minimum Gasteiger partial charge on any atom is -0.375 e. The summed E-state index contributed by atoms with van der Waals surface area (Å²) < 4.78 is 35.3. The zero-order chi connectivity index (χ0) is 101. The molecular formula is C114H234N16O6. The van der Waals surface area contributed by atoms with E-state index < -0.39 is 0 Å². The summed E-state index contributed by atoms with van der Waals surface area (Å²) >= 11 is 0. The third-order valence-corrected chi connectivity index (χ3v) is 30.0. The zero-order valence-corrected chi connectivity index (χ0v) is 97.4. The van der Waals surface area contributed by atoms with E-state index in [1.165, 1.54) is 313 Å². The monoisotopic (exact) mass is 1920 g/mol. The molecule has 1 N–H and O–H groups in total. The van der Waals surface area contributed by atoms with Gasteiger partial charge in [0.05, 0.1) is 72.7 Å². The molecule has 0 amide bonds. The summed E-state index contributed by atoms with van der Waals surface area (Å²) in [6.07, 6.45) is 16.6. The average Bonchev–Trinajstić information content (AvgIpc) is 0.805. The number of ether oxygens (including phenoxy) is 6. The van der Waals surface area contributed by atoms with Crippen molar-refractivity contribution in [1.29, 1.82) is 0 Å². The van der Waals surface area contributed by atoms with Crippen molar-refractivity contribution in [3.05, 3.63) is 0 Å². The Bertz CT molecular complexity index is 3020. The van der Waals surface area contributed by atoms with Crippen molar-refractivity contribution in [1.82, 2.24) is 78.8 Å². The van der Waals surface area contributed by atoms with Gasteiger partial charge in [0.15, 0.2) is 0 Å². The fourth-order valence-corrected chi connectivity index (χ4v) is 21.3. The highest BCUT2D eigenvalue weighted by molar-refractivity contribution is 4.94. The first-order valence-corrected chi connectivity index (χ1v) is 56.5. The molecule has 12 aliphatic rings. The number of piperidine rings is 5. The number of rotatable bonds is 28. The van der Waals surface area contributed by atoms with Crippen LogP contribution in [0.2, 0.25) is 0 Å². The molecule has 12 rings (SSSR count). The topological polar surface area (TPSA) is 116 Å². The molecule has 12 fully saturated rings. The smallest absolute Gasteiger partial charge is 0.0606 e. The number of piperazine rings is 4. The first-order chi connectivity index (χ1) is 62.9. The minimum atomic E-state index is -0.0102. The van der Waals surface area contributed by atoms with Crippen LogP contribution in [-0.4, -0.2) is 448 Å². The molecule has 12 saturated heterocycles. The molecule has 806 valence electrons. The summed E-state index contributed by atoms with van der Waals surface area (Å²) in [5, 5.41) is 3.45. The van der Waals surface area contributed by atoms with Gasteiger partial charge in [-0.15, -0.1) is 0 Å². The molecule has 136 heavy (non-hydrogen) atoms. The van der Waals surface area contributed by atoms with Crippen LogP contribution in [0.25, 0.3) is 0 Å². The Morgan fingerprint density at radius 3 is 0.838 bits per heavy atom. The van der Waals surface area contributed by atoms with Gasteiger partial charge >= 0.3 is 0 Å². The molecule has 0 aromatic rings. The Labute approximate surface area is 845 Å². The van der Waals surface area contributed by atoms with Gasteiger partial charge in [-0.05, 0) is 406 Å². The molecule has 12 heterocycles. The third-order valence-electron chi connectivity index (χ3n) is 30.0. The number of nitrogens with zero attached hydrogens (tertiary/aromatic N) is 15. The highest BCUT2D eigenvalue weighted by Crippen LogP contribution is 2.33. The van der Waals surface area contributed by atoms with Gasteiger partial charge in [0.2, 0.25) is 0 Å². The molecule has 0 saturated carbocycles. The highest BCUT2D eigenvalue weighted by atomic mass is 16.5. The van der Waals surface area contributed by atoms with Crippen LogP contribution in [0.15, 0.2) is 0 Å². The maximum Gasteiger partial charge on any atom is 0.0606 e. The van der Waals surface area contributed by atoms with Crippen molar-refractivity contribution in [3.8, 4) is 0 Å². The van der Waals surface area contributed by atoms with Crippen molar-refractivity contribution in [2.75, 3.05) is 301 Å². The SMILES string of the molecule is CC(C)(C)OC1CCN(CC2CCN(C(C)(C)C)CC2)CC1.CC(C)(C)OCCN1CC(CC2CCNCC2)C1.CC(C)(C)OCCN1CC(CCN2CCN(C(C)(C)C)CC2)C1.CC(C)(C)OCCN1CCC(N2CCN(C(C)(C)C)CC2)CC1.CC(C)(C)OCCN1CCN(CC2CCN(C(C)(C)C)CC2)CC1.CC(C)(C)OCCN1CCN(CC2CN(C(C)(C)C)C2)CC1.CC(C)C. The maximum absolute atomic E-state index is 6.14. The van der Waals surface area contributed by atoms with Crippen molar-refractivity contribution in [2.24, 2.45) is 41.4 Å². The standard InChI is InChI=1S/C20H41N3O.2C19H39N3O.C19H38N2O.C18H37N3O.C15H30N2O.C4H10/c1-19(2,3)23-9-7-18(8-10-23)17-22-13-11-21(12-14-22)15-16-24-20(4,5)6;1-18(2,3)22-13-11-21(12-14-22)17-7-9-20(10-8-17)15-16-23-19(4,5)6;1-18(2,3)22-11-9-20(10-12-22)8-7-17-15-21(16-17)13-14-23-19(4,5)6;1-18(2,3)21-13-7-16(8-14-21)15-20-11-9-17(10-12-20)22-19(4,5)6;1-17(2,3)21-14-16(15-21)13-20-9-7-19(8-10-20)11-12-22-18(4,5)6;1-15(2,3)18-9-8-17-11-14(12-17)10-13-4-6-16-7-5-13;1-4(2)3/h18H,7-17H2,1-6H3;2*17H,7-16H2,1-6H3;16-17H,7-15H2,1-6H3;16H,7-15H2,1-6H3;13-14,16H,4-12H2,1-3H3;4H,1-3H3. The Morgan fingerprint density at radius 2 is 0.507 bits per heavy atom. The molecule has 0 atom stereocenters. The Balaban J connectivity index is 0.000000249. The van der Waals surface area contributed by atoms with Gasteiger partial charge in [-0.3, -0.25) is 39.2 Å². The second-order valence-corrected chi connectivity index (χ2v) is 55.4. The molecule has 0 bridgehead atoms. The van der Waals surface area contributed by atoms with Crippen LogP contribution in [0.5, 0.6) is 0 Å². The summed E-state index contributed by atoms with van der Waals surface area (Å²) in [7, 11) is 0. The summed E-state index contributed by atoms with van der Waals surface area (Å²) in [6.45, 7) is 135. The average molecular weight is 1930 g/mol. The second-order valence-electron chi connectivity index (χ2n) is 55.4. The molecule has 22 nitrogen and oxygen atoms in total. The van der Waals surface area contributed by atoms with Crippen LogP contribution in [0.4, 0.5) is 0 Å². The third kappa shape index (κ3) is 54.7. The molecule has 0 aliphatic carbocycles. The van der Waals surface area contributed by atoms with E-state index in [1.54, 1.807) is 0 Å². The van der Waals surface area contributed by atoms with Gasteiger partial charge in [0.25, 0.3) is 0 Å². The van der Waals surface area contributed by atoms with E-state index in [9.17, 15) is 0 Å². The van der Waals surface area contributed by atoms with E-state index in [0.717, 1.165) is 113 Å². The van der Waals surface area contributed by atoms with Gasteiger partial charge in [-0.1, -0.05) is 20.8 Å². The van der Waals surface area contributed by atoms with E-state index in [-0.39, 0.29) is 33.6 Å². The normalized spacial score (nSPS) is 23.5. The summed E-state index contributed by atoms with van der Waals surface area (Å²) in [6, 6.07) is 0.803. The summed E-state index contributed by atoms with van der Waals surface area (Å²) in [5.74, 6) is 6.38. The Morgan fingerprint density at radius 1 is 0.235 bits per heavy atom. The lowest BCUT2D eigenvalue weighted by molar-refractivity contribution is -0.0836. The van der Waals surface area contributed by atoms with E-state index >= 15 is 0 Å². The van der Waals surface area contributed by atoms with E-state index in [1.807, 2.05) is 0 Å². The van der Waals surface area contributed by atoms with Crippen molar-refractivity contribution < 1.29 is 28.4 Å². The largest absolute Gasteiger partial charge is 0.375 e. The molecule has 0 aromatic heterocycles. The molecule has 0 radical (unpaired) electrons. The van der Waals surface area contributed by atoms with Crippen molar-refractivity contribution in [2.45, 2.75) is 400 Å². The van der Waals surface area contributed by atoms with Crippen LogP contribution in [0.3, 0.4) is 0 Å². The molecule has 0 spiro atoms. The molecule has 0 aromatic carbocycles. The lowest BCUT2D eigenvalue weighted by Crippen LogP contribution is -2.59. The van der Waals surface area contributed by atoms with Gasteiger partial charge in [0.1, 0.15) is 0 Å². The van der Waals surface area contributed by atoms with Crippen LogP contribution >= 0.6 is 0 Å². The zero-order valence-electron chi connectivity index (χ0n) is 97.4. The van der Waals surface area contributed by atoms with E-state index in [2.05, 4.69) is 328 Å². The molecule has 22 heteroatoms. The fourth-order valence-electron chi connectivity index (χ4n) is 21.3.